The van der Waals surface area contributed by atoms with Crippen LogP contribution in [0.4, 0.5) is 0 Å². The third-order valence-corrected chi connectivity index (χ3v) is 0.741. The van der Waals surface area contributed by atoms with Crippen molar-refractivity contribution in [3.8, 4) is 0 Å². The average molecular weight is 172 g/mol. The van der Waals surface area contributed by atoms with E-state index in [-0.39, 0.29) is 59.1 Å². The second-order valence-corrected chi connectivity index (χ2v) is 1.79. The molecule has 0 aliphatic heterocycles. The summed E-state index contributed by atoms with van der Waals surface area (Å²) in [5.41, 5.74) is 0. The van der Waals surface area contributed by atoms with Crippen LogP contribution in [0.25, 0.3) is 0 Å². The number of hydrogen-bond donors (Lipinski definition) is 2. The molecule has 1 unspecified atom stereocenters. The van der Waals surface area contributed by atoms with Gasteiger partial charge in [-0.05, 0) is 0 Å². The molecule has 0 aromatic heterocycles. The fourth-order valence-electron chi connectivity index (χ4n) is 0.106. The van der Waals surface area contributed by atoms with Crippen molar-refractivity contribution in [2.45, 2.75) is 0 Å². The second kappa shape index (κ2) is 9.58. The summed E-state index contributed by atoms with van der Waals surface area (Å²) in [5.74, 6) is -1.96. The van der Waals surface area contributed by atoms with E-state index in [0.29, 0.717) is 0 Å². The standard InChI is InChI=1S/C2H4O4S.2Na.2H/c3-2(4)1-7(5)6;;;;/h1H2,(H,3,4)(H,5,6);;;;. The van der Waals surface area contributed by atoms with Crippen molar-refractivity contribution >= 4 is 76.2 Å². The van der Waals surface area contributed by atoms with E-state index >= 15 is 0 Å². The van der Waals surface area contributed by atoms with E-state index in [9.17, 15) is 9.00 Å². The zero-order valence-electron chi connectivity index (χ0n) is 3.33. The molecule has 0 heterocycles. The molecule has 9 heavy (non-hydrogen) atoms. The molecule has 0 saturated heterocycles. The molecule has 46 valence electrons. The van der Waals surface area contributed by atoms with Crippen LogP contribution < -0.4 is 0 Å². The van der Waals surface area contributed by atoms with Crippen molar-refractivity contribution in [1.82, 2.24) is 0 Å². The fourth-order valence-corrected chi connectivity index (χ4v) is 0.317. The summed E-state index contributed by atoms with van der Waals surface area (Å²) < 4.78 is 17.4. The Kier molecular flexibility index (Phi) is 18.0. The molecule has 0 aliphatic rings. The zero-order chi connectivity index (χ0) is 5.86. The second-order valence-electron chi connectivity index (χ2n) is 0.860. The summed E-state index contributed by atoms with van der Waals surface area (Å²) in [5, 5.41) is 7.73. The Morgan fingerprint density at radius 3 is 1.78 bits per heavy atom. The first-order valence-electron chi connectivity index (χ1n) is 1.42. The molecule has 0 saturated carbocycles. The summed E-state index contributed by atoms with van der Waals surface area (Å²) in [7, 11) is 0. The molecule has 2 N–H and O–H groups in total. The predicted octanol–water partition coefficient (Wildman–Crippen LogP) is -2.00. The molecule has 7 heteroatoms. The van der Waals surface area contributed by atoms with Crippen LogP contribution in [0.1, 0.15) is 0 Å². The maximum absolute atomic E-state index is 9.54. The minimum atomic E-state index is -2.20. The number of carbonyl (C=O) groups is 1. The van der Waals surface area contributed by atoms with Crippen LogP contribution in [0.2, 0.25) is 0 Å². The number of aliphatic carboxylic acids is 1. The molecule has 0 aromatic carbocycles. The third kappa shape index (κ3) is 17.7. The molecule has 0 bridgehead atoms. The van der Waals surface area contributed by atoms with Gasteiger partial charge in [-0.3, -0.25) is 4.79 Å². The van der Waals surface area contributed by atoms with Gasteiger partial charge in [0.1, 0.15) is 5.75 Å². The molecule has 1 atom stereocenters. The van der Waals surface area contributed by atoms with Gasteiger partial charge in [-0.1, -0.05) is 0 Å². The fraction of sp³-hybridized carbons (Fsp3) is 0.500. The van der Waals surface area contributed by atoms with Crippen molar-refractivity contribution in [2.75, 3.05) is 5.75 Å². The van der Waals surface area contributed by atoms with Crippen LogP contribution in [-0.2, 0) is 15.9 Å². The van der Waals surface area contributed by atoms with E-state index in [0.717, 1.165) is 0 Å². The molecule has 0 rings (SSSR count). The number of rotatable bonds is 2. The Morgan fingerprint density at radius 2 is 1.78 bits per heavy atom. The van der Waals surface area contributed by atoms with E-state index in [2.05, 4.69) is 0 Å². The SMILES string of the molecule is O=C(O)CS(=O)O.[NaH].[NaH]. The maximum atomic E-state index is 9.54. The Hall–Kier alpha value is 1.58. The van der Waals surface area contributed by atoms with Crippen molar-refractivity contribution in [3.05, 3.63) is 0 Å². The van der Waals surface area contributed by atoms with Gasteiger partial charge in [0.05, 0.1) is 0 Å². The molecule has 0 radical (unpaired) electrons. The number of hydrogen-bond acceptors (Lipinski definition) is 2. The molecule has 0 amide bonds. The van der Waals surface area contributed by atoms with E-state index in [4.69, 9.17) is 9.66 Å². The van der Waals surface area contributed by atoms with Gasteiger partial charge in [-0.15, -0.1) is 0 Å². The molecule has 4 nitrogen and oxygen atoms in total. The quantitative estimate of drug-likeness (QED) is 0.373. The van der Waals surface area contributed by atoms with Crippen LogP contribution in [0.3, 0.4) is 0 Å². The predicted molar refractivity (Wildman–Crippen MR) is 37.6 cm³/mol. The third-order valence-electron chi connectivity index (χ3n) is 0.247. The minimum absolute atomic E-state index is 0. The topological polar surface area (TPSA) is 74.6 Å². The molecule has 0 aliphatic carbocycles. The number of carboxylic acid groups (broad SMARTS) is 1. The normalized spacial score (nSPS) is 10.3. The summed E-state index contributed by atoms with van der Waals surface area (Å²) >= 11 is -2.20. The van der Waals surface area contributed by atoms with E-state index in [1.165, 1.54) is 0 Å². The average Bonchev–Trinajstić information content (AvgIpc) is 1.27. The van der Waals surface area contributed by atoms with Crippen LogP contribution >= 0.6 is 0 Å². The van der Waals surface area contributed by atoms with Gasteiger partial charge in [0.2, 0.25) is 0 Å². The van der Waals surface area contributed by atoms with Crippen molar-refractivity contribution < 1.29 is 18.7 Å². The zero-order valence-corrected chi connectivity index (χ0v) is 4.14. The number of carboxylic acids is 1. The first-order valence-corrected chi connectivity index (χ1v) is 2.70. The van der Waals surface area contributed by atoms with Gasteiger partial charge < -0.3 is 9.66 Å². The summed E-state index contributed by atoms with van der Waals surface area (Å²) in [6.45, 7) is 0. The van der Waals surface area contributed by atoms with Crippen molar-refractivity contribution in [2.24, 2.45) is 0 Å². The van der Waals surface area contributed by atoms with Crippen LogP contribution in [0.5, 0.6) is 0 Å². The van der Waals surface area contributed by atoms with E-state index in [1.54, 1.807) is 0 Å². The van der Waals surface area contributed by atoms with Crippen molar-refractivity contribution in [1.29, 1.82) is 0 Å². The van der Waals surface area contributed by atoms with E-state index < -0.39 is 22.8 Å². The van der Waals surface area contributed by atoms with Gasteiger partial charge in [0, 0.05) is 0 Å². The van der Waals surface area contributed by atoms with Gasteiger partial charge in [0.25, 0.3) is 0 Å². The van der Waals surface area contributed by atoms with Crippen LogP contribution in [0, 0.1) is 0 Å². The van der Waals surface area contributed by atoms with Gasteiger partial charge in [0.15, 0.2) is 11.1 Å². The van der Waals surface area contributed by atoms with Crippen LogP contribution in [-0.4, -0.2) is 84.7 Å². The van der Waals surface area contributed by atoms with E-state index in [1.807, 2.05) is 0 Å². The first-order chi connectivity index (χ1) is 3.13. The molecular formula is C2H6Na2O4S. The Morgan fingerprint density at radius 1 is 1.44 bits per heavy atom. The van der Waals surface area contributed by atoms with Gasteiger partial charge in [-0.25, -0.2) is 4.21 Å². The summed E-state index contributed by atoms with van der Waals surface area (Å²) in [6.07, 6.45) is 0. The van der Waals surface area contributed by atoms with Crippen molar-refractivity contribution in [3.63, 3.8) is 0 Å². The molecule has 0 aromatic rings. The Labute approximate surface area is 99.3 Å². The summed E-state index contributed by atoms with van der Waals surface area (Å²) in [4.78, 5) is 9.46. The Bertz CT molecular complexity index is 92.7. The molecule has 0 spiro atoms. The first kappa shape index (κ1) is 16.9. The Balaban J connectivity index is -0.000000180. The summed E-state index contributed by atoms with van der Waals surface area (Å²) in [6, 6.07) is 0. The van der Waals surface area contributed by atoms with Gasteiger partial charge >= 0.3 is 65.1 Å². The molecule has 0 fully saturated rings. The van der Waals surface area contributed by atoms with Gasteiger partial charge in [-0.2, -0.15) is 0 Å². The molecular weight excluding hydrogens is 166 g/mol. The van der Waals surface area contributed by atoms with Crippen LogP contribution in [0.15, 0.2) is 0 Å². The monoisotopic (exact) mass is 172 g/mol.